The van der Waals surface area contributed by atoms with E-state index in [-0.39, 0.29) is 12.8 Å². The van der Waals surface area contributed by atoms with Gasteiger partial charge in [-0.05, 0) is 44.0 Å². The third-order valence-corrected chi connectivity index (χ3v) is 4.13. The number of nitrogens with zero attached hydrogens (tertiary/aromatic N) is 1. The summed E-state index contributed by atoms with van der Waals surface area (Å²) in [6, 6.07) is 5.09. The molecule has 2 unspecified atom stereocenters. The summed E-state index contributed by atoms with van der Waals surface area (Å²) in [5, 5.41) is 9.63. The Bertz CT molecular complexity index is 517. The van der Waals surface area contributed by atoms with Gasteiger partial charge in [-0.15, -0.1) is 0 Å². The van der Waals surface area contributed by atoms with Crippen molar-refractivity contribution in [3.05, 3.63) is 23.8 Å². The fourth-order valence-corrected chi connectivity index (χ4v) is 3.06. The van der Waals surface area contributed by atoms with Gasteiger partial charge in [-0.25, -0.2) is 0 Å². The van der Waals surface area contributed by atoms with Crippen LogP contribution in [-0.4, -0.2) is 35.4 Å². The Kier molecular flexibility index (Phi) is 3.53. The minimum absolute atomic E-state index is 0.205. The maximum Gasteiger partial charge on any atom is 0.325 e. The number of likely N-dealkylation sites (tertiary alicyclic amines) is 1. The number of hydrogen-bond acceptors (Lipinski definition) is 4. The molecule has 1 saturated heterocycles. The van der Waals surface area contributed by atoms with E-state index in [9.17, 15) is 9.90 Å². The van der Waals surface area contributed by atoms with Crippen molar-refractivity contribution < 1.29 is 19.4 Å². The summed E-state index contributed by atoms with van der Waals surface area (Å²) in [5.41, 5.74) is 0.760. The van der Waals surface area contributed by atoms with Gasteiger partial charge in [0.05, 0.1) is 0 Å². The third kappa shape index (κ3) is 2.33. The first kappa shape index (κ1) is 13.2. The van der Waals surface area contributed by atoms with Crippen LogP contribution < -0.4 is 9.47 Å². The van der Waals surface area contributed by atoms with Crippen LogP contribution in [0.2, 0.25) is 0 Å². The molecule has 0 radical (unpaired) electrons. The zero-order chi connectivity index (χ0) is 14.1. The molecule has 1 aromatic carbocycles. The van der Waals surface area contributed by atoms with E-state index in [4.69, 9.17) is 9.47 Å². The average molecular weight is 277 g/mol. The average Bonchev–Trinajstić information content (AvgIpc) is 2.88. The van der Waals surface area contributed by atoms with Crippen LogP contribution in [0.15, 0.2) is 18.2 Å². The second-order valence-corrected chi connectivity index (χ2v) is 5.44. The SMILES string of the molecule is CC1CCCCN1C(C(=O)O)c1ccc2c(c1)OCO2. The van der Waals surface area contributed by atoms with Crippen molar-refractivity contribution in [3.8, 4) is 11.5 Å². The number of rotatable bonds is 3. The molecule has 2 atom stereocenters. The van der Waals surface area contributed by atoms with Crippen LogP contribution in [0.25, 0.3) is 0 Å². The molecule has 0 amide bonds. The zero-order valence-electron chi connectivity index (χ0n) is 11.5. The lowest BCUT2D eigenvalue weighted by Gasteiger charge is -2.37. The molecular weight excluding hydrogens is 258 g/mol. The molecule has 3 rings (SSSR count). The fraction of sp³-hybridized carbons (Fsp3) is 0.533. The number of benzene rings is 1. The molecule has 20 heavy (non-hydrogen) atoms. The lowest BCUT2D eigenvalue weighted by Crippen LogP contribution is -2.43. The topological polar surface area (TPSA) is 59.0 Å². The monoisotopic (exact) mass is 277 g/mol. The molecule has 0 aliphatic carbocycles. The number of carbonyl (C=O) groups is 1. The van der Waals surface area contributed by atoms with Crippen LogP contribution in [0.3, 0.4) is 0 Å². The van der Waals surface area contributed by atoms with Gasteiger partial charge in [0.15, 0.2) is 11.5 Å². The number of ether oxygens (including phenoxy) is 2. The molecular formula is C15H19NO4. The van der Waals surface area contributed by atoms with E-state index in [1.165, 1.54) is 6.42 Å². The minimum atomic E-state index is -0.808. The van der Waals surface area contributed by atoms with Gasteiger partial charge in [-0.1, -0.05) is 12.5 Å². The first-order valence-corrected chi connectivity index (χ1v) is 7.05. The van der Waals surface area contributed by atoms with E-state index in [1.807, 2.05) is 6.07 Å². The van der Waals surface area contributed by atoms with E-state index < -0.39 is 12.0 Å². The summed E-state index contributed by atoms with van der Waals surface area (Å²) < 4.78 is 10.6. The number of piperidine rings is 1. The summed E-state index contributed by atoms with van der Waals surface area (Å²) in [6.07, 6.45) is 3.28. The van der Waals surface area contributed by atoms with Crippen LogP contribution in [0.5, 0.6) is 11.5 Å². The summed E-state index contributed by atoms with van der Waals surface area (Å²) in [7, 11) is 0. The highest BCUT2D eigenvalue weighted by atomic mass is 16.7. The molecule has 0 spiro atoms. The molecule has 2 aliphatic heterocycles. The Hall–Kier alpha value is -1.75. The maximum absolute atomic E-state index is 11.7. The molecule has 5 heteroatoms. The molecule has 1 aromatic rings. The Morgan fingerprint density at radius 1 is 1.35 bits per heavy atom. The third-order valence-electron chi connectivity index (χ3n) is 4.13. The van der Waals surface area contributed by atoms with E-state index in [2.05, 4.69) is 11.8 Å². The van der Waals surface area contributed by atoms with Gasteiger partial charge < -0.3 is 14.6 Å². The van der Waals surface area contributed by atoms with Crippen LogP contribution in [-0.2, 0) is 4.79 Å². The summed E-state index contributed by atoms with van der Waals surface area (Å²) in [5.74, 6) is 0.514. The molecule has 1 fully saturated rings. The number of fused-ring (bicyclic) bond motifs is 1. The fourth-order valence-electron chi connectivity index (χ4n) is 3.06. The van der Waals surface area contributed by atoms with Gasteiger partial charge in [0, 0.05) is 6.04 Å². The van der Waals surface area contributed by atoms with Gasteiger partial charge in [-0.3, -0.25) is 9.69 Å². The lowest BCUT2D eigenvalue weighted by molar-refractivity contribution is -0.145. The van der Waals surface area contributed by atoms with Crippen molar-refractivity contribution in [2.75, 3.05) is 13.3 Å². The number of carboxylic acids is 1. The van der Waals surface area contributed by atoms with E-state index in [0.717, 1.165) is 24.9 Å². The highest BCUT2D eigenvalue weighted by molar-refractivity contribution is 5.76. The molecule has 1 N–H and O–H groups in total. The highest BCUT2D eigenvalue weighted by Crippen LogP contribution is 2.37. The van der Waals surface area contributed by atoms with Gasteiger partial charge in [0.25, 0.3) is 0 Å². The molecule has 5 nitrogen and oxygen atoms in total. The Morgan fingerprint density at radius 3 is 2.90 bits per heavy atom. The van der Waals surface area contributed by atoms with Crippen LogP contribution in [0, 0.1) is 0 Å². The standard InChI is InChI=1S/C15H19NO4/c1-10-4-2-3-7-16(10)14(15(17)18)11-5-6-12-13(8-11)20-9-19-12/h5-6,8,10,14H,2-4,7,9H2,1H3,(H,17,18). The van der Waals surface area contributed by atoms with Crippen molar-refractivity contribution in [2.24, 2.45) is 0 Å². The van der Waals surface area contributed by atoms with E-state index >= 15 is 0 Å². The number of aliphatic carboxylic acids is 1. The molecule has 108 valence electrons. The molecule has 0 saturated carbocycles. The molecule has 2 aliphatic rings. The summed E-state index contributed by atoms with van der Waals surface area (Å²) in [4.78, 5) is 13.8. The Labute approximate surface area is 118 Å². The summed E-state index contributed by atoms with van der Waals surface area (Å²) in [6.45, 7) is 3.13. The Morgan fingerprint density at radius 2 is 2.15 bits per heavy atom. The van der Waals surface area contributed by atoms with Crippen LogP contribution in [0.4, 0.5) is 0 Å². The minimum Gasteiger partial charge on any atom is -0.480 e. The smallest absolute Gasteiger partial charge is 0.325 e. The number of hydrogen-bond donors (Lipinski definition) is 1. The summed E-state index contributed by atoms with van der Waals surface area (Å²) >= 11 is 0. The van der Waals surface area contributed by atoms with Crippen molar-refractivity contribution in [2.45, 2.75) is 38.3 Å². The lowest BCUT2D eigenvalue weighted by atomic mass is 9.97. The molecule has 2 heterocycles. The molecule has 0 aromatic heterocycles. The maximum atomic E-state index is 11.7. The van der Waals surface area contributed by atoms with Crippen LogP contribution in [0.1, 0.15) is 37.8 Å². The number of carboxylic acid groups (broad SMARTS) is 1. The zero-order valence-corrected chi connectivity index (χ0v) is 11.5. The molecule has 0 bridgehead atoms. The first-order valence-electron chi connectivity index (χ1n) is 7.05. The van der Waals surface area contributed by atoms with Gasteiger partial charge in [-0.2, -0.15) is 0 Å². The van der Waals surface area contributed by atoms with Crippen molar-refractivity contribution >= 4 is 5.97 Å². The second-order valence-electron chi connectivity index (χ2n) is 5.44. The first-order chi connectivity index (χ1) is 9.66. The predicted molar refractivity (Wildman–Crippen MR) is 73.0 cm³/mol. The van der Waals surface area contributed by atoms with Gasteiger partial charge in [0.1, 0.15) is 6.04 Å². The van der Waals surface area contributed by atoms with E-state index in [1.54, 1.807) is 12.1 Å². The quantitative estimate of drug-likeness (QED) is 0.919. The van der Waals surface area contributed by atoms with Crippen molar-refractivity contribution in [1.82, 2.24) is 4.90 Å². The normalized spacial score (nSPS) is 23.6. The largest absolute Gasteiger partial charge is 0.480 e. The van der Waals surface area contributed by atoms with Crippen molar-refractivity contribution in [1.29, 1.82) is 0 Å². The predicted octanol–water partition coefficient (Wildman–Crippen LogP) is 2.42. The van der Waals surface area contributed by atoms with Crippen LogP contribution >= 0.6 is 0 Å². The second kappa shape index (κ2) is 5.32. The van der Waals surface area contributed by atoms with Crippen molar-refractivity contribution in [3.63, 3.8) is 0 Å². The Balaban J connectivity index is 1.92. The van der Waals surface area contributed by atoms with Gasteiger partial charge >= 0.3 is 5.97 Å². The van der Waals surface area contributed by atoms with Gasteiger partial charge in [0.2, 0.25) is 6.79 Å². The van der Waals surface area contributed by atoms with E-state index in [0.29, 0.717) is 11.5 Å². The highest BCUT2D eigenvalue weighted by Gasteiger charge is 2.33.